The molecule has 1 atom stereocenters. The summed E-state index contributed by atoms with van der Waals surface area (Å²) < 4.78 is 28.8. The van der Waals surface area contributed by atoms with E-state index >= 15 is 0 Å². The van der Waals surface area contributed by atoms with Crippen molar-refractivity contribution in [2.24, 2.45) is 0 Å². The Bertz CT molecular complexity index is 658. The van der Waals surface area contributed by atoms with Crippen molar-refractivity contribution in [3.05, 3.63) is 29.8 Å². The summed E-state index contributed by atoms with van der Waals surface area (Å²) in [7, 11) is -1.86. The largest absolute Gasteiger partial charge is 0.497 e. The number of ether oxygens (including phenoxy) is 1. The first-order valence-electron chi connectivity index (χ1n) is 6.51. The zero-order valence-electron chi connectivity index (χ0n) is 11.9. The SMILES string of the molecule is COc1ccc(/C=C/C2CCC(=O)NN2)c(S(C)(=O)=O)c1. The molecule has 1 heterocycles. The molecule has 0 saturated carbocycles. The lowest BCUT2D eigenvalue weighted by molar-refractivity contribution is -0.123. The highest BCUT2D eigenvalue weighted by Gasteiger charge is 2.16. The minimum absolute atomic E-state index is 0.0165. The molecule has 6 nitrogen and oxygen atoms in total. The molecular formula is C14H18N2O4S. The molecule has 21 heavy (non-hydrogen) atoms. The van der Waals surface area contributed by atoms with E-state index in [1.807, 2.05) is 6.08 Å². The summed E-state index contributed by atoms with van der Waals surface area (Å²) in [5.41, 5.74) is 6.01. The van der Waals surface area contributed by atoms with Gasteiger partial charge >= 0.3 is 0 Å². The third-order valence-corrected chi connectivity index (χ3v) is 4.36. The molecule has 0 aliphatic carbocycles. The molecule has 114 valence electrons. The highest BCUT2D eigenvalue weighted by atomic mass is 32.2. The fraction of sp³-hybridized carbons (Fsp3) is 0.357. The molecule has 1 aromatic carbocycles. The second kappa shape index (κ2) is 6.28. The highest BCUT2D eigenvalue weighted by Crippen LogP contribution is 2.23. The zero-order valence-corrected chi connectivity index (χ0v) is 12.7. The van der Waals surface area contributed by atoms with Crippen LogP contribution >= 0.6 is 0 Å². The molecule has 1 fully saturated rings. The van der Waals surface area contributed by atoms with E-state index in [0.717, 1.165) is 6.26 Å². The summed E-state index contributed by atoms with van der Waals surface area (Å²) in [5, 5.41) is 0. The van der Waals surface area contributed by atoms with E-state index in [1.165, 1.54) is 13.2 Å². The van der Waals surface area contributed by atoms with Crippen LogP contribution in [0.25, 0.3) is 6.08 Å². The number of amides is 1. The van der Waals surface area contributed by atoms with Crippen molar-refractivity contribution >= 4 is 21.8 Å². The van der Waals surface area contributed by atoms with E-state index in [-0.39, 0.29) is 16.8 Å². The first-order valence-corrected chi connectivity index (χ1v) is 8.40. The molecule has 1 unspecified atom stereocenters. The number of hydrogen-bond acceptors (Lipinski definition) is 5. The Kier molecular flexibility index (Phi) is 4.64. The third-order valence-electron chi connectivity index (χ3n) is 3.21. The van der Waals surface area contributed by atoms with Gasteiger partial charge in [-0.05, 0) is 24.1 Å². The van der Waals surface area contributed by atoms with Gasteiger partial charge in [-0.25, -0.2) is 13.8 Å². The van der Waals surface area contributed by atoms with Gasteiger partial charge < -0.3 is 4.74 Å². The molecule has 0 radical (unpaired) electrons. The number of carbonyl (C=O) groups is 1. The Morgan fingerprint density at radius 2 is 2.14 bits per heavy atom. The molecule has 1 saturated heterocycles. The summed E-state index contributed by atoms with van der Waals surface area (Å²) >= 11 is 0. The molecule has 1 aromatic rings. The van der Waals surface area contributed by atoms with E-state index < -0.39 is 9.84 Å². The van der Waals surface area contributed by atoms with Gasteiger partial charge in [-0.2, -0.15) is 0 Å². The summed E-state index contributed by atoms with van der Waals surface area (Å²) in [5.74, 6) is 0.455. The molecule has 0 spiro atoms. The van der Waals surface area contributed by atoms with E-state index in [2.05, 4.69) is 10.9 Å². The predicted molar refractivity (Wildman–Crippen MR) is 79.4 cm³/mol. The average molecular weight is 310 g/mol. The highest BCUT2D eigenvalue weighted by molar-refractivity contribution is 7.90. The molecule has 1 amide bonds. The summed E-state index contributed by atoms with van der Waals surface area (Å²) in [6.45, 7) is 0. The first kappa shape index (κ1) is 15.5. The first-order chi connectivity index (χ1) is 9.90. The number of rotatable bonds is 4. The number of methoxy groups -OCH3 is 1. The van der Waals surface area contributed by atoms with Crippen LogP contribution in [0.15, 0.2) is 29.2 Å². The van der Waals surface area contributed by atoms with Crippen molar-refractivity contribution in [2.45, 2.75) is 23.8 Å². The Labute approximate surface area is 124 Å². The van der Waals surface area contributed by atoms with Crippen LogP contribution < -0.4 is 15.6 Å². The molecule has 2 N–H and O–H groups in total. The van der Waals surface area contributed by atoms with Crippen LogP contribution in [0.4, 0.5) is 0 Å². The normalized spacial score (nSPS) is 19.5. The van der Waals surface area contributed by atoms with Gasteiger partial charge in [0.25, 0.3) is 0 Å². The quantitative estimate of drug-likeness (QED) is 0.863. The zero-order chi connectivity index (χ0) is 15.5. The Hall–Kier alpha value is -1.86. The maximum absolute atomic E-state index is 11.9. The molecule has 1 aliphatic heterocycles. The smallest absolute Gasteiger partial charge is 0.234 e. The lowest BCUT2D eigenvalue weighted by atomic mass is 10.1. The second-order valence-electron chi connectivity index (χ2n) is 4.87. The molecule has 7 heteroatoms. The van der Waals surface area contributed by atoms with Gasteiger partial charge in [-0.3, -0.25) is 10.2 Å². The maximum atomic E-state index is 11.9. The number of benzene rings is 1. The molecule has 0 aromatic heterocycles. The van der Waals surface area contributed by atoms with E-state index in [0.29, 0.717) is 24.2 Å². The fourth-order valence-corrected chi connectivity index (χ4v) is 2.95. The minimum atomic E-state index is -3.35. The van der Waals surface area contributed by atoms with Gasteiger partial charge in [0, 0.05) is 18.7 Å². The number of carbonyl (C=O) groups excluding carboxylic acids is 1. The number of sulfone groups is 1. The van der Waals surface area contributed by atoms with Crippen LogP contribution in [-0.4, -0.2) is 33.7 Å². The number of nitrogens with one attached hydrogen (secondary N) is 2. The van der Waals surface area contributed by atoms with Crippen molar-refractivity contribution in [1.29, 1.82) is 0 Å². The van der Waals surface area contributed by atoms with Gasteiger partial charge in [-0.15, -0.1) is 0 Å². The molecule has 0 bridgehead atoms. The Morgan fingerprint density at radius 3 is 2.71 bits per heavy atom. The maximum Gasteiger partial charge on any atom is 0.234 e. The lowest BCUT2D eigenvalue weighted by Gasteiger charge is -2.20. The molecular weight excluding hydrogens is 292 g/mol. The molecule has 2 rings (SSSR count). The van der Waals surface area contributed by atoms with Gasteiger partial charge in [-0.1, -0.05) is 18.2 Å². The Balaban J connectivity index is 2.25. The van der Waals surface area contributed by atoms with Crippen molar-refractivity contribution in [1.82, 2.24) is 10.9 Å². The number of hydrogen-bond donors (Lipinski definition) is 2. The van der Waals surface area contributed by atoms with Crippen LogP contribution in [0.2, 0.25) is 0 Å². The second-order valence-corrected chi connectivity index (χ2v) is 6.86. The third kappa shape index (κ3) is 4.05. The van der Waals surface area contributed by atoms with Crippen molar-refractivity contribution < 1.29 is 17.9 Å². The van der Waals surface area contributed by atoms with Crippen molar-refractivity contribution in [3.63, 3.8) is 0 Å². The monoisotopic (exact) mass is 310 g/mol. The van der Waals surface area contributed by atoms with Crippen molar-refractivity contribution in [2.75, 3.05) is 13.4 Å². The van der Waals surface area contributed by atoms with Crippen LogP contribution in [0.3, 0.4) is 0 Å². The van der Waals surface area contributed by atoms with Crippen LogP contribution in [0.5, 0.6) is 5.75 Å². The number of hydrazine groups is 1. The van der Waals surface area contributed by atoms with Gasteiger partial charge in [0.1, 0.15) is 5.75 Å². The van der Waals surface area contributed by atoms with Crippen LogP contribution in [0, 0.1) is 0 Å². The van der Waals surface area contributed by atoms with E-state index in [1.54, 1.807) is 18.2 Å². The van der Waals surface area contributed by atoms with Gasteiger partial charge in [0.2, 0.25) is 5.91 Å². The predicted octanol–water partition coefficient (Wildman–Crippen LogP) is 0.895. The molecule has 1 aliphatic rings. The topological polar surface area (TPSA) is 84.5 Å². The van der Waals surface area contributed by atoms with E-state index in [9.17, 15) is 13.2 Å². The van der Waals surface area contributed by atoms with Gasteiger partial charge in [0.05, 0.1) is 12.0 Å². The summed E-state index contributed by atoms with van der Waals surface area (Å²) in [6.07, 6.45) is 5.87. The van der Waals surface area contributed by atoms with Crippen molar-refractivity contribution in [3.8, 4) is 5.75 Å². The average Bonchev–Trinajstić information content (AvgIpc) is 2.45. The van der Waals surface area contributed by atoms with Crippen LogP contribution in [-0.2, 0) is 14.6 Å². The van der Waals surface area contributed by atoms with Gasteiger partial charge in [0.15, 0.2) is 9.84 Å². The lowest BCUT2D eigenvalue weighted by Crippen LogP contribution is -2.48. The summed E-state index contributed by atoms with van der Waals surface area (Å²) in [4.78, 5) is 11.3. The van der Waals surface area contributed by atoms with Crippen LogP contribution in [0.1, 0.15) is 18.4 Å². The minimum Gasteiger partial charge on any atom is -0.497 e. The van der Waals surface area contributed by atoms with E-state index in [4.69, 9.17) is 4.74 Å². The fourth-order valence-electron chi connectivity index (χ4n) is 2.06. The standard InChI is InChI=1S/C14H18N2O4S/c1-20-12-7-4-10(13(9-12)21(2,18)19)3-5-11-6-8-14(17)16-15-11/h3-5,7,9,11,15H,6,8H2,1-2H3,(H,16,17)/b5-3+. The Morgan fingerprint density at radius 1 is 1.38 bits per heavy atom. The summed E-state index contributed by atoms with van der Waals surface area (Å²) in [6, 6.07) is 4.90.